The fraction of sp³-hybridized carbons (Fsp3) is 0.269. The molecule has 1 amide bonds. The Morgan fingerprint density at radius 2 is 1.69 bits per heavy atom. The van der Waals surface area contributed by atoms with Crippen LogP contribution in [0.2, 0.25) is 0 Å². The van der Waals surface area contributed by atoms with Crippen molar-refractivity contribution in [2.24, 2.45) is 0 Å². The summed E-state index contributed by atoms with van der Waals surface area (Å²) in [5.74, 6) is -2.70. The van der Waals surface area contributed by atoms with Gasteiger partial charge in [-0.15, -0.1) is 0 Å². The molecule has 1 aliphatic rings. The highest BCUT2D eigenvalue weighted by Gasteiger charge is 2.43. The highest BCUT2D eigenvalue weighted by Crippen LogP contribution is 2.46. The van der Waals surface area contributed by atoms with Crippen molar-refractivity contribution in [2.45, 2.75) is 43.1 Å². The maximum atomic E-state index is 14.8. The van der Waals surface area contributed by atoms with Crippen molar-refractivity contribution in [1.82, 2.24) is 0 Å². The minimum Gasteiger partial charge on any atom is -0.479 e. The van der Waals surface area contributed by atoms with Gasteiger partial charge in [0.2, 0.25) is 5.91 Å². The molecule has 3 aromatic carbocycles. The van der Waals surface area contributed by atoms with E-state index in [4.69, 9.17) is 4.74 Å². The van der Waals surface area contributed by atoms with Gasteiger partial charge in [-0.1, -0.05) is 19.1 Å². The Hall–Kier alpha value is -3.33. The summed E-state index contributed by atoms with van der Waals surface area (Å²) in [5, 5.41) is 2.60. The molecule has 0 bridgehead atoms. The van der Waals surface area contributed by atoms with Crippen molar-refractivity contribution in [3.8, 4) is 5.75 Å². The van der Waals surface area contributed by atoms with Crippen molar-refractivity contribution in [3.63, 3.8) is 0 Å². The molecule has 0 saturated heterocycles. The van der Waals surface area contributed by atoms with Crippen molar-refractivity contribution < 1.29 is 31.1 Å². The number of sulfone groups is 1. The fourth-order valence-corrected chi connectivity index (χ4v) is 4.91. The van der Waals surface area contributed by atoms with Crippen LogP contribution in [0.5, 0.6) is 5.75 Å². The number of nitrogens with one attached hydrogen (secondary N) is 1. The van der Waals surface area contributed by atoms with E-state index < -0.39 is 38.8 Å². The Labute approximate surface area is 201 Å². The third-order valence-electron chi connectivity index (χ3n) is 6.13. The van der Waals surface area contributed by atoms with Crippen molar-refractivity contribution in [3.05, 3.63) is 89.2 Å². The van der Waals surface area contributed by atoms with Gasteiger partial charge >= 0.3 is 0 Å². The Kier molecular flexibility index (Phi) is 6.89. The molecule has 3 aromatic rings. The number of halogens is 3. The first-order valence-corrected chi connectivity index (χ1v) is 12.8. The lowest BCUT2D eigenvalue weighted by Crippen LogP contribution is -2.41. The van der Waals surface area contributed by atoms with Crippen LogP contribution in [0.1, 0.15) is 37.3 Å². The number of amides is 1. The summed E-state index contributed by atoms with van der Waals surface area (Å²) in [5.41, 5.74) is -0.0765. The Morgan fingerprint density at radius 3 is 2.26 bits per heavy atom. The van der Waals surface area contributed by atoms with Crippen LogP contribution in [0.15, 0.2) is 65.6 Å². The molecule has 1 N–H and O–H groups in total. The number of hydrogen-bond donors (Lipinski definition) is 1. The summed E-state index contributed by atoms with van der Waals surface area (Å²) in [4.78, 5) is 12.6. The quantitative estimate of drug-likeness (QED) is 0.438. The topological polar surface area (TPSA) is 72.5 Å². The van der Waals surface area contributed by atoms with E-state index in [1.807, 2.05) is 0 Å². The summed E-state index contributed by atoms with van der Waals surface area (Å²) < 4.78 is 72.2. The number of benzene rings is 3. The number of rotatable bonds is 8. The number of ether oxygens (including phenoxy) is 1. The second-order valence-corrected chi connectivity index (χ2v) is 10.8. The third kappa shape index (κ3) is 5.35. The van der Waals surface area contributed by atoms with Crippen LogP contribution in [0, 0.1) is 17.5 Å². The van der Waals surface area contributed by atoms with Gasteiger partial charge in [0.05, 0.1) is 17.1 Å². The summed E-state index contributed by atoms with van der Waals surface area (Å²) in [6, 6.07) is 13.2. The molecule has 4 rings (SSSR count). The second kappa shape index (κ2) is 9.73. The van der Waals surface area contributed by atoms with Gasteiger partial charge in [-0.05, 0) is 61.2 Å². The van der Waals surface area contributed by atoms with Crippen LogP contribution in [-0.2, 0) is 26.7 Å². The molecule has 0 unspecified atom stereocenters. The van der Waals surface area contributed by atoms with Crippen molar-refractivity contribution in [1.29, 1.82) is 0 Å². The minimum absolute atomic E-state index is 0.0158. The Bertz CT molecular complexity index is 1350. The number of hydrogen-bond acceptors (Lipinski definition) is 4. The molecule has 9 heteroatoms. The first-order valence-electron chi connectivity index (χ1n) is 11.2. The van der Waals surface area contributed by atoms with Crippen LogP contribution < -0.4 is 10.1 Å². The lowest BCUT2D eigenvalue weighted by molar-refractivity contribution is -0.115. The molecule has 35 heavy (non-hydrogen) atoms. The normalized spacial score (nSPS) is 14.7. The predicted octanol–water partition coefficient (Wildman–Crippen LogP) is 5.54. The van der Waals surface area contributed by atoms with E-state index in [1.165, 1.54) is 30.3 Å². The minimum atomic E-state index is -3.33. The van der Waals surface area contributed by atoms with Crippen LogP contribution in [0.25, 0.3) is 0 Å². The SMILES string of the molecule is CCS(=O)(=O)c1ccc(CC(=O)Nc2ccc(OC3(c4ccc(F)cc4F)CCC3)c(F)c2)cc1. The van der Waals surface area contributed by atoms with Gasteiger partial charge in [0.15, 0.2) is 21.4 Å². The van der Waals surface area contributed by atoms with E-state index in [0.29, 0.717) is 18.4 Å². The van der Waals surface area contributed by atoms with Gasteiger partial charge in [0.1, 0.15) is 17.2 Å². The van der Waals surface area contributed by atoms with Gasteiger partial charge < -0.3 is 10.1 Å². The fourth-order valence-electron chi connectivity index (χ4n) is 4.03. The monoisotopic (exact) mass is 503 g/mol. The van der Waals surface area contributed by atoms with Crippen molar-refractivity contribution in [2.75, 3.05) is 11.1 Å². The first kappa shape index (κ1) is 24.8. The molecule has 1 aliphatic carbocycles. The van der Waals surface area contributed by atoms with Crippen molar-refractivity contribution >= 4 is 21.4 Å². The lowest BCUT2D eigenvalue weighted by Gasteiger charge is -2.42. The maximum Gasteiger partial charge on any atom is 0.228 e. The van der Waals surface area contributed by atoms with Gasteiger partial charge in [0, 0.05) is 23.4 Å². The molecule has 0 atom stereocenters. The predicted molar refractivity (Wildman–Crippen MR) is 125 cm³/mol. The molecule has 0 radical (unpaired) electrons. The standard InChI is InChI=1S/C26H24F3NO4S/c1-2-35(32,33)20-8-4-17(5-9-20)14-25(31)30-19-7-11-24(23(29)16-19)34-26(12-3-13-26)21-10-6-18(27)15-22(21)28/h4-11,15-16H,2-3,12-14H2,1H3,(H,30,31). The van der Waals surface area contributed by atoms with E-state index in [1.54, 1.807) is 19.1 Å². The van der Waals surface area contributed by atoms with Crippen LogP contribution >= 0.6 is 0 Å². The highest BCUT2D eigenvalue weighted by molar-refractivity contribution is 7.91. The van der Waals surface area contributed by atoms with E-state index in [9.17, 15) is 26.4 Å². The Morgan fingerprint density at radius 1 is 0.971 bits per heavy atom. The molecule has 0 aliphatic heterocycles. The maximum absolute atomic E-state index is 14.8. The summed E-state index contributed by atoms with van der Waals surface area (Å²) >= 11 is 0. The average Bonchev–Trinajstić information content (AvgIpc) is 2.78. The van der Waals surface area contributed by atoms with E-state index in [-0.39, 0.29) is 34.1 Å². The molecule has 184 valence electrons. The molecule has 5 nitrogen and oxygen atoms in total. The number of carbonyl (C=O) groups is 1. The molecule has 0 heterocycles. The van der Waals surface area contributed by atoms with Crippen LogP contribution in [0.3, 0.4) is 0 Å². The van der Waals surface area contributed by atoms with E-state index >= 15 is 0 Å². The highest BCUT2D eigenvalue weighted by atomic mass is 32.2. The zero-order chi connectivity index (χ0) is 25.2. The van der Waals surface area contributed by atoms with E-state index in [0.717, 1.165) is 24.6 Å². The molecule has 0 aromatic heterocycles. The average molecular weight is 504 g/mol. The zero-order valence-corrected chi connectivity index (χ0v) is 19.8. The first-order chi connectivity index (χ1) is 16.6. The van der Waals surface area contributed by atoms with Crippen LogP contribution in [-0.4, -0.2) is 20.1 Å². The molecule has 0 spiro atoms. The number of anilines is 1. The summed E-state index contributed by atoms with van der Waals surface area (Å²) in [7, 11) is -3.33. The largest absolute Gasteiger partial charge is 0.479 e. The van der Waals surface area contributed by atoms with Crippen LogP contribution in [0.4, 0.5) is 18.9 Å². The molecule has 1 fully saturated rings. The Balaban J connectivity index is 1.43. The van der Waals surface area contributed by atoms with Gasteiger partial charge in [-0.25, -0.2) is 21.6 Å². The van der Waals surface area contributed by atoms with E-state index in [2.05, 4.69) is 5.32 Å². The molecular weight excluding hydrogens is 479 g/mol. The lowest BCUT2D eigenvalue weighted by atomic mass is 9.74. The second-order valence-electron chi connectivity index (χ2n) is 8.49. The third-order valence-corrected chi connectivity index (χ3v) is 7.88. The zero-order valence-electron chi connectivity index (χ0n) is 19.0. The molecular formula is C26H24F3NO4S. The number of carbonyl (C=O) groups excluding carboxylic acids is 1. The summed E-state index contributed by atoms with van der Waals surface area (Å²) in [6.45, 7) is 1.55. The van der Waals surface area contributed by atoms with Gasteiger partial charge in [0.25, 0.3) is 0 Å². The van der Waals surface area contributed by atoms with Gasteiger partial charge in [-0.3, -0.25) is 4.79 Å². The smallest absolute Gasteiger partial charge is 0.228 e. The summed E-state index contributed by atoms with van der Waals surface area (Å²) in [6.07, 6.45) is 1.66. The molecule has 1 saturated carbocycles. The van der Waals surface area contributed by atoms with Gasteiger partial charge in [-0.2, -0.15) is 0 Å².